The van der Waals surface area contributed by atoms with Crippen molar-refractivity contribution in [3.05, 3.63) is 41.3 Å². The highest BCUT2D eigenvalue weighted by Crippen LogP contribution is 2.38. The average Bonchev–Trinajstić information content (AvgIpc) is 2.89. The van der Waals surface area contributed by atoms with Gasteiger partial charge in [-0.25, -0.2) is 4.98 Å². The van der Waals surface area contributed by atoms with Crippen LogP contribution in [-0.2, 0) is 19.0 Å². The highest BCUT2D eigenvalue weighted by atomic mass is 19.4. The Morgan fingerprint density at radius 3 is 2.76 bits per heavy atom. The van der Waals surface area contributed by atoms with E-state index in [1.165, 1.54) is 12.1 Å². The number of rotatable bonds is 2. The molecular formula is C15H15F3N2O. The van der Waals surface area contributed by atoms with Crippen molar-refractivity contribution in [3.63, 3.8) is 0 Å². The summed E-state index contributed by atoms with van der Waals surface area (Å²) in [6, 6.07) is 5.35. The van der Waals surface area contributed by atoms with Gasteiger partial charge in [-0.3, -0.25) is 0 Å². The highest BCUT2D eigenvalue weighted by molar-refractivity contribution is 5.60. The van der Waals surface area contributed by atoms with Crippen LogP contribution in [-0.4, -0.2) is 11.5 Å². The molecule has 6 heteroatoms. The first-order valence-electron chi connectivity index (χ1n) is 6.84. The number of benzene rings is 1. The van der Waals surface area contributed by atoms with Crippen LogP contribution in [0.4, 0.5) is 13.2 Å². The zero-order valence-corrected chi connectivity index (χ0v) is 11.3. The third kappa shape index (κ3) is 2.68. The Morgan fingerprint density at radius 1 is 1.29 bits per heavy atom. The summed E-state index contributed by atoms with van der Waals surface area (Å²) in [5, 5.41) is 0. The standard InChI is InChI=1S/C15H15F3N2O/c16-15(17,18)11-4-2-1-3-10(11)14-20-12-6-5-9(8-19)7-13(12)21-14/h1-4,9H,5-8,19H2. The van der Waals surface area contributed by atoms with Gasteiger partial charge in [-0.1, -0.05) is 12.1 Å². The molecule has 1 aromatic carbocycles. The minimum absolute atomic E-state index is 0.0105. The first kappa shape index (κ1) is 14.1. The molecule has 0 saturated heterocycles. The van der Waals surface area contributed by atoms with Gasteiger partial charge in [0.2, 0.25) is 5.89 Å². The second-order valence-electron chi connectivity index (χ2n) is 5.28. The van der Waals surface area contributed by atoms with E-state index in [1.54, 1.807) is 6.07 Å². The summed E-state index contributed by atoms with van der Waals surface area (Å²) in [7, 11) is 0. The minimum atomic E-state index is -4.43. The monoisotopic (exact) mass is 296 g/mol. The van der Waals surface area contributed by atoms with Gasteiger partial charge in [-0.15, -0.1) is 0 Å². The lowest BCUT2D eigenvalue weighted by atomic mass is 9.91. The zero-order valence-electron chi connectivity index (χ0n) is 11.3. The van der Waals surface area contributed by atoms with Gasteiger partial charge in [0.15, 0.2) is 0 Å². The number of alkyl halides is 3. The van der Waals surface area contributed by atoms with E-state index >= 15 is 0 Å². The van der Waals surface area contributed by atoms with Crippen LogP contribution < -0.4 is 5.73 Å². The number of aromatic nitrogens is 1. The first-order chi connectivity index (χ1) is 9.99. The quantitative estimate of drug-likeness (QED) is 0.923. The Morgan fingerprint density at radius 2 is 2.05 bits per heavy atom. The summed E-state index contributed by atoms with van der Waals surface area (Å²) in [6.07, 6.45) is -2.18. The predicted molar refractivity (Wildman–Crippen MR) is 71.5 cm³/mol. The molecule has 1 aliphatic rings. The lowest BCUT2D eigenvalue weighted by Crippen LogP contribution is -2.21. The third-order valence-corrected chi connectivity index (χ3v) is 3.84. The molecule has 0 aliphatic heterocycles. The van der Waals surface area contributed by atoms with Gasteiger partial charge in [0, 0.05) is 12.0 Å². The SMILES string of the molecule is NCC1CCc2nc(-c3ccccc3C(F)(F)F)oc2C1. The van der Waals surface area contributed by atoms with Crippen molar-refractivity contribution in [1.82, 2.24) is 4.98 Å². The van der Waals surface area contributed by atoms with E-state index in [9.17, 15) is 13.2 Å². The number of nitrogens with two attached hydrogens (primary N) is 1. The van der Waals surface area contributed by atoms with Gasteiger partial charge in [-0.2, -0.15) is 13.2 Å². The van der Waals surface area contributed by atoms with E-state index in [-0.39, 0.29) is 11.5 Å². The Balaban J connectivity index is 2.02. The Kier molecular flexibility index (Phi) is 3.49. The molecule has 1 unspecified atom stereocenters. The van der Waals surface area contributed by atoms with Crippen molar-refractivity contribution in [2.45, 2.75) is 25.4 Å². The number of nitrogens with zero attached hydrogens (tertiary/aromatic N) is 1. The second kappa shape index (κ2) is 5.18. The maximum atomic E-state index is 13.0. The number of fused-ring (bicyclic) bond motifs is 1. The summed E-state index contributed by atoms with van der Waals surface area (Å²) in [6.45, 7) is 0.550. The molecule has 1 heterocycles. The Bertz CT molecular complexity index is 649. The van der Waals surface area contributed by atoms with Gasteiger partial charge in [-0.05, 0) is 37.4 Å². The lowest BCUT2D eigenvalue weighted by Gasteiger charge is -2.17. The zero-order chi connectivity index (χ0) is 15.0. The van der Waals surface area contributed by atoms with Crippen molar-refractivity contribution >= 4 is 0 Å². The van der Waals surface area contributed by atoms with E-state index in [2.05, 4.69) is 4.98 Å². The average molecular weight is 296 g/mol. The second-order valence-corrected chi connectivity index (χ2v) is 5.28. The molecular weight excluding hydrogens is 281 g/mol. The molecule has 0 amide bonds. The van der Waals surface area contributed by atoms with E-state index in [1.807, 2.05) is 0 Å². The Hall–Kier alpha value is -1.82. The van der Waals surface area contributed by atoms with Gasteiger partial charge >= 0.3 is 6.18 Å². The predicted octanol–water partition coefficient (Wildman–Crippen LogP) is 3.42. The molecule has 0 radical (unpaired) electrons. The topological polar surface area (TPSA) is 52.0 Å². The molecule has 21 heavy (non-hydrogen) atoms. The van der Waals surface area contributed by atoms with Crippen molar-refractivity contribution in [3.8, 4) is 11.5 Å². The molecule has 3 rings (SSSR count). The third-order valence-electron chi connectivity index (χ3n) is 3.84. The van der Waals surface area contributed by atoms with Crippen LogP contribution in [0.25, 0.3) is 11.5 Å². The minimum Gasteiger partial charge on any atom is -0.441 e. The molecule has 0 saturated carbocycles. The number of hydrogen-bond donors (Lipinski definition) is 1. The summed E-state index contributed by atoms with van der Waals surface area (Å²) in [4.78, 5) is 4.26. The largest absolute Gasteiger partial charge is 0.441 e. The van der Waals surface area contributed by atoms with Crippen LogP contribution in [0.2, 0.25) is 0 Å². The van der Waals surface area contributed by atoms with Crippen LogP contribution in [0.15, 0.2) is 28.7 Å². The fourth-order valence-corrected chi connectivity index (χ4v) is 2.68. The van der Waals surface area contributed by atoms with Crippen molar-refractivity contribution < 1.29 is 17.6 Å². The smallest absolute Gasteiger partial charge is 0.417 e. The van der Waals surface area contributed by atoms with Crippen molar-refractivity contribution in [1.29, 1.82) is 0 Å². The molecule has 0 fully saturated rings. The van der Waals surface area contributed by atoms with Gasteiger partial charge in [0.1, 0.15) is 5.76 Å². The van der Waals surface area contributed by atoms with Gasteiger partial charge < -0.3 is 10.2 Å². The van der Waals surface area contributed by atoms with Crippen LogP contribution in [0.5, 0.6) is 0 Å². The molecule has 1 atom stereocenters. The van der Waals surface area contributed by atoms with E-state index in [4.69, 9.17) is 10.2 Å². The fourth-order valence-electron chi connectivity index (χ4n) is 2.68. The van der Waals surface area contributed by atoms with Crippen LogP contribution in [0, 0.1) is 5.92 Å². The molecule has 2 N–H and O–H groups in total. The molecule has 2 aromatic rings. The first-order valence-corrected chi connectivity index (χ1v) is 6.84. The highest BCUT2D eigenvalue weighted by Gasteiger charge is 2.35. The maximum Gasteiger partial charge on any atom is 0.417 e. The fraction of sp³-hybridized carbons (Fsp3) is 0.400. The normalized spacial score (nSPS) is 18.6. The summed E-state index contributed by atoms with van der Waals surface area (Å²) >= 11 is 0. The van der Waals surface area contributed by atoms with Crippen LogP contribution in [0.3, 0.4) is 0 Å². The van der Waals surface area contributed by atoms with Crippen LogP contribution in [0.1, 0.15) is 23.4 Å². The molecule has 1 aromatic heterocycles. The maximum absolute atomic E-state index is 13.0. The molecule has 0 bridgehead atoms. The van der Waals surface area contributed by atoms with Crippen LogP contribution >= 0.6 is 0 Å². The van der Waals surface area contributed by atoms with Crippen molar-refractivity contribution in [2.24, 2.45) is 11.7 Å². The van der Waals surface area contributed by atoms with E-state index in [0.717, 1.165) is 18.2 Å². The molecule has 3 nitrogen and oxygen atoms in total. The number of oxazole rings is 1. The molecule has 1 aliphatic carbocycles. The number of hydrogen-bond acceptors (Lipinski definition) is 3. The van der Waals surface area contributed by atoms with Crippen molar-refractivity contribution in [2.75, 3.05) is 6.54 Å². The molecule has 0 spiro atoms. The van der Waals surface area contributed by atoms with E-state index in [0.29, 0.717) is 31.1 Å². The van der Waals surface area contributed by atoms with E-state index < -0.39 is 11.7 Å². The summed E-state index contributed by atoms with van der Waals surface area (Å²) in [5.41, 5.74) is 5.67. The van der Waals surface area contributed by atoms with Gasteiger partial charge in [0.05, 0.1) is 11.3 Å². The summed E-state index contributed by atoms with van der Waals surface area (Å²) in [5.74, 6) is 1.03. The summed E-state index contributed by atoms with van der Waals surface area (Å²) < 4.78 is 44.7. The molecule has 112 valence electrons. The van der Waals surface area contributed by atoms with Gasteiger partial charge in [0.25, 0.3) is 0 Å². The number of halogens is 3. The number of aryl methyl sites for hydroxylation is 1. The Labute approximate surface area is 120 Å². The lowest BCUT2D eigenvalue weighted by molar-refractivity contribution is -0.137.